The van der Waals surface area contributed by atoms with Crippen LogP contribution in [-0.2, 0) is 9.84 Å². The summed E-state index contributed by atoms with van der Waals surface area (Å²) >= 11 is 0. The summed E-state index contributed by atoms with van der Waals surface area (Å²) in [5.74, 6) is 0.304. The normalized spacial score (nSPS) is 13.2. The number of sulfone groups is 1. The zero-order valence-electron chi connectivity index (χ0n) is 9.05. The van der Waals surface area contributed by atoms with Crippen LogP contribution in [0.3, 0.4) is 0 Å². The zero-order chi connectivity index (χ0) is 10.5. The Morgan fingerprint density at radius 3 is 2.08 bits per heavy atom. The fourth-order valence-electron chi connectivity index (χ4n) is 0.953. The van der Waals surface area contributed by atoms with Crippen LogP contribution < -0.4 is 5.32 Å². The molecule has 0 aromatic heterocycles. The lowest BCUT2D eigenvalue weighted by Gasteiger charge is -2.20. The van der Waals surface area contributed by atoms with E-state index in [0.717, 1.165) is 19.4 Å². The average molecular weight is 207 g/mol. The summed E-state index contributed by atoms with van der Waals surface area (Å²) in [5, 5.41) is 3.31. The van der Waals surface area contributed by atoms with Crippen LogP contribution in [0, 0.1) is 0 Å². The Morgan fingerprint density at radius 1 is 1.15 bits per heavy atom. The molecule has 0 heterocycles. The van der Waals surface area contributed by atoms with E-state index in [9.17, 15) is 8.42 Å². The van der Waals surface area contributed by atoms with Crippen molar-refractivity contribution in [3.8, 4) is 0 Å². The van der Waals surface area contributed by atoms with Gasteiger partial charge in [0.2, 0.25) is 0 Å². The van der Waals surface area contributed by atoms with Gasteiger partial charge in [0.1, 0.15) is 9.84 Å². The molecule has 3 nitrogen and oxygen atoms in total. The van der Waals surface area contributed by atoms with Gasteiger partial charge in [-0.1, -0.05) is 0 Å². The Morgan fingerprint density at radius 2 is 1.69 bits per heavy atom. The molecule has 0 aliphatic carbocycles. The van der Waals surface area contributed by atoms with Gasteiger partial charge in [-0.05, 0) is 40.2 Å². The second kappa shape index (κ2) is 4.96. The first-order chi connectivity index (χ1) is 5.71. The van der Waals surface area contributed by atoms with Crippen LogP contribution in [0.2, 0.25) is 0 Å². The maximum atomic E-state index is 10.8. The fraction of sp³-hybridized carbons (Fsp3) is 1.00. The molecule has 1 N–H and O–H groups in total. The highest BCUT2D eigenvalue weighted by molar-refractivity contribution is 7.90. The largest absolute Gasteiger partial charge is 0.312 e. The monoisotopic (exact) mass is 207 g/mol. The third-order valence-electron chi connectivity index (χ3n) is 1.60. The van der Waals surface area contributed by atoms with Crippen molar-refractivity contribution in [3.05, 3.63) is 0 Å². The van der Waals surface area contributed by atoms with E-state index in [1.807, 2.05) is 0 Å². The standard InChI is InChI=1S/C9H21NO2S/c1-9(2,3)10-7-5-6-8-13(4,11)12/h10H,5-8H2,1-4H3. The Hall–Kier alpha value is -0.0900. The first-order valence-corrected chi connectivity index (χ1v) is 6.69. The van der Waals surface area contributed by atoms with Crippen LogP contribution in [0.25, 0.3) is 0 Å². The molecule has 0 spiro atoms. The van der Waals surface area contributed by atoms with Crippen LogP contribution in [0.4, 0.5) is 0 Å². The quantitative estimate of drug-likeness (QED) is 0.689. The predicted molar refractivity (Wildman–Crippen MR) is 56.7 cm³/mol. The van der Waals surface area contributed by atoms with E-state index in [2.05, 4.69) is 26.1 Å². The molecule has 0 bridgehead atoms. The van der Waals surface area contributed by atoms with E-state index in [1.165, 1.54) is 6.26 Å². The van der Waals surface area contributed by atoms with E-state index >= 15 is 0 Å². The summed E-state index contributed by atoms with van der Waals surface area (Å²) in [7, 11) is -2.77. The molecule has 0 saturated carbocycles. The molecule has 80 valence electrons. The van der Waals surface area contributed by atoms with E-state index in [0.29, 0.717) is 5.75 Å². The van der Waals surface area contributed by atoms with Gasteiger partial charge in [0.05, 0.1) is 0 Å². The molecule has 13 heavy (non-hydrogen) atoms. The number of nitrogens with one attached hydrogen (secondary N) is 1. The molecule has 0 unspecified atom stereocenters. The molecule has 0 aliphatic heterocycles. The highest BCUT2D eigenvalue weighted by Gasteiger charge is 2.07. The van der Waals surface area contributed by atoms with Gasteiger partial charge in [-0.25, -0.2) is 8.42 Å². The van der Waals surface area contributed by atoms with Gasteiger partial charge in [-0.2, -0.15) is 0 Å². The Labute approximate surface area is 81.8 Å². The topological polar surface area (TPSA) is 46.2 Å². The first kappa shape index (κ1) is 12.9. The van der Waals surface area contributed by atoms with Gasteiger partial charge in [0.25, 0.3) is 0 Å². The molecular formula is C9H21NO2S. The molecule has 0 saturated heterocycles. The van der Waals surface area contributed by atoms with Gasteiger partial charge in [0, 0.05) is 17.5 Å². The number of hydrogen-bond donors (Lipinski definition) is 1. The summed E-state index contributed by atoms with van der Waals surface area (Å²) in [6, 6.07) is 0. The van der Waals surface area contributed by atoms with E-state index in [1.54, 1.807) is 0 Å². The molecule has 0 aromatic rings. The van der Waals surface area contributed by atoms with Crippen LogP contribution in [0.1, 0.15) is 33.6 Å². The lowest BCUT2D eigenvalue weighted by Crippen LogP contribution is -2.36. The van der Waals surface area contributed by atoms with Crippen molar-refractivity contribution in [2.24, 2.45) is 0 Å². The summed E-state index contributed by atoms with van der Waals surface area (Å²) in [5.41, 5.74) is 0.130. The highest BCUT2D eigenvalue weighted by Crippen LogP contribution is 1.99. The molecular weight excluding hydrogens is 186 g/mol. The lowest BCUT2D eigenvalue weighted by molar-refractivity contribution is 0.421. The summed E-state index contributed by atoms with van der Waals surface area (Å²) in [6.07, 6.45) is 2.95. The van der Waals surface area contributed by atoms with Crippen molar-refractivity contribution < 1.29 is 8.42 Å². The minimum atomic E-state index is -2.77. The molecule has 0 aromatic carbocycles. The molecule has 4 heteroatoms. The smallest absolute Gasteiger partial charge is 0.147 e. The Balaban J connectivity index is 3.39. The van der Waals surface area contributed by atoms with Crippen molar-refractivity contribution in [2.75, 3.05) is 18.6 Å². The van der Waals surface area contributed by atoms with E-state index in [-0.39, 0.29) is 5.54 Å². The van der Waals surface area contributed by atoms with Crippen molar-refractivity contribution in [1.82, 2.24) is 5.32 Å². The fourth-order valence-corrected chi connectivity index (χ4v) is 1.68. The Kier molecular flexibility index (Phi) is 4.92. The maximum absolute atomic E-state index is 10.8. The van der Waals surface area contributed by atoms with Gasteiger partial charge in [-0.3, -0.25) is 0 Å². The second-order valence-electron chi connectivity index (χ2n) is 4.51. The van der Waals surface area contributed by atoms with E-state index in [4.69, 9.17) is 0 Å². The van der Waals surface area contributed by atoms with Crippen LogP contribution in [-0.4, -0.2) is 32.5 Å². The van der Waals surface area contributed by atoms with Crippen LogP contribution >= 0.6 is 0 Å². The van der Waals surface area contributed by atoms with Crippen molar-refractivity contribution in [3.63, 3.8) is 0 Å². The van der Waals surface area contributed by atoms with Gasteiger partial charge in [-0.15, -0.1) is 0 Å². The molecule has 0 rings (SSSR count). The van der Waals surface area contributed by atoms with Crippen LogP contribution in [0.5, 0.6) is 0 Å². The minimum absolute atomic E-state index is 0.130. The third-order valence-corrected chi connectivity index (χ3v) is 2.63. The number of rotatable bonds is 5. The third kappa shape index (κ3) is 11.9. The summed E-state index contributed by atoms with van der Waals surface area (Å²) in [6.45, 7) is 7.19. The van der Waals surface area contributed by atoms with Crippen LogP contribution in [0.15, 0.2) is 0 Å². The predicted octanol–water partition coefficient (Wildman–Crippen LogP) is 1.20. The highest BCUT2D eigenvalue weighted by atomic mass is 32.2. The molecule has 0 fully saturated rings. The maximum Gasteiger partial charge on any atom is 0.147 e. The Bertz CT molecular complexity index is 226. The number of hydrogen-bond acceptors (Lipinski definition) is 3. The van der Waals surface area contributed by atoms with Gasteiger partial charge in [0.15, 0.2) is 0 Å². The summed E-state index contributed by atoms with van der Waals surface area (Å²) in [4.78, 5) is 0. The zero-order valence-corrected chi connectivity index (χ0v) is 9.87. The van der Waals surface area contributed by atoms with Gasteiger partial charge < -0.3 is 5.32 Å². The molecule has 0 amide bonds. The SMILES string of the molecule is CC(C)(C)NCCCCS(C)(=O)=O. The number of unbranched alkanes of at least 4 members (excludes halogenated alkanes) is 1. The molecule has 0 atom stereocenters. The minimum Gasteiger partial charge on any atom is -0.312 e. The molecule has 0 aliphatic rings. The molecule has 0 radical (unpaired) electrons. The van der Waals surface area contributed by atoms with E-state index < -0.39 is 9.84 Å². The van der Waals surface area contributed by atoms with Gasteiger partial charge >= 0.3 is 0 Å². The summed E-state index contributed by atoms with van der Waals surface area (Å²) < 4.78 is 21.5. The van der Waals surface area contributed by atoms with Crippen molar-refractivity contribution >= 4 is 9.84 Å². The van der Waals surface area contributed by atoms with Crippen molar-refractivity contribution in [1.29, 1.82) is 0 Å². The van der Waals surface area contributed by atoms with Crippen molar-refractivity contribution in [2.45, 2.75) is 39.2 Å². The first-order valence-electron chi connectivity index (χ1n) is 4.63. The second-order valence-corrected chi connectivity index (χ2v) is 6.77. The average Bonchev–Trinajstić information content (AvgIpc) is 1.81. The lowest BCUT2D eigenvalue weighted by atomic mass is 10.1.